The Labute approximate surface area is 247 Å². The molecule has 9 nitrogen and oxygen atoms in total. The Balaban J connectivity index is 2.17. The van der Waals surface area contributed by atoms with Crippen LogP contribution in [0.3, 0.4) is 0 Å². The van der Waals surface area contributed by atoms with Gasteiger partial charge >= 0.3 is 19.8 Å². The third-order valence-electron chi connectivity index (χ3n) is 6.56. The minimum Gasteiger partial charge on any atom is -0.462 e. The van der Waals surface area contributed by atoms with Crippen LogP contribution < -0.4 is 0 Å². The molecule has 3 atom stereocenters. The number of hydrogen-bond donors (Lipinski definition) is 2. The Kier molecular flexibility index (Phi) is 21.6. The summed E-state index contributed by atoms with van der Waals surface area (Å²) in [5, 5.41) is 0. The lowest BCUT2D eigenvalue weighted by atomic mass is 10.1. The molecule has 1 aliphatic rings. The zero-order valence-corrected chi connectivity index (χ0v) is 26.0. The number of phosphoric ester groups is 1. The highest BCUT2D eigenvalue weighted by Crippen LogP contribution is 2.36. The Morgan fingerprint density at radius 3 is 2.05 bits per heavy atom. The summed E-state index contributed by atoms with van der Waals surface area (Å²) >= 11 is 0. The number of esters is 2. The minimum absolute atomic E-state index is 0.183. The first-order chi connectivity index (χ1) is 19.7. The molecule has 41 heavy (non-hydrogen) atoms. The van der Waals surface area contributed by atoms with Crippen molar-refractivity contribution in [1.29, 1.82) is 0 Å². The largest absolute Gasteiger partial charge is 0.469 e. The highest BCUT2D eigenvalue weighted by Gasteiger charge is 2.36. The summed E-state index contributed by atoms with van der Waals surface area (Å²) in [6.07, 6.45) is 26.7. The van der Waals surface area contributed by atoms with E-state index in [1.54, 1.807) is 0 Å². The van der Waals surface area contributed by atoms with E-state index >= 15 is 0 Å². The lowest BCUT2D eigenvalue weighted by molar-refractivity contribution is -0.161. The molecule has 2 N–H and O–H groups in total. The Bertz CT molecular complexity index is 833. The fourth-order valence-corrected chi connectivity index (χ4v) is 4.47. The Morgan fingerprint density at radius 2 is 1.34 bits per heavy atom. The van der Waals surface area contributed by atoms with Crippen molar-refractivity contribution in [3.8, 4) is 0 Å². The zero-order valence-electron chi connectivity index (χ0n) is 25.1. The quantitative estimate of drug-likeness (QED) is 0.0346. The first-order valence-electron chi connectivity index (χ1n) is 15.4. The van der Waals surface area contributed by atoms with Gasteiger partial charge in [-0.1, -0.05) is 88.8 Å². The number of epoxide rings is 1. The van der Waals surface area contributed by atoms with Gasteiger partial charge in [-0.15, -0.1) is 0 Å². The van der Waals surface area contributed by atoms with Crippen LogP contribution in [0.25, 0.3) is 0 Å². The summed E-state index contributed by atoms with van der Waals surface area (Å²) < 4.78 is 31.6. The second kappa shape index (κ2) is 23.8. The number of carbonyl (C=O) groups is 2. The van der Waals surface area contributed by atoms with E-state index in [0.717, 1.165) is 57.8 Å². The molecule has 1 saturated heterocycles. The molecule has 1 fully saturated rings. The average Bonchev–Trinajstić information content (AvgIpc) is 3.68. The number of phosphoric acid groups is 1. The van der Waals surface area contributed by atoms with Gasteiger partial charge in [-0.05, 0) is 51.4 Å². The number of rotatable bonds is 26. The van der Waals surface area contributed by atoms with E-state index in [1.165, 1.54) is 19.3 Å². The molecule has 0 aromatic carbocycles. The van der Waals surface area contributed by atoms with Crippen molar-refractivity contribution in [3.63, 3.8) is 0 Å². The predicted molar refractivity (Wildman–Crippen MR) is 160 cm³/mol. The average molecular weight is 601 g/mol. The number of hydrogen-bond acceptors (Lipinski definition) is 7. The highest BCUT2D eigenvalue weighted by atomic mass is 31.2. The SMILES string of the molecule is CCCCC/C=C\C/C=C\CC1OC1C/C=C\CCCC(=O)OC[C@H](COP(=O)(O)O)OC(=O)CCCCCCC. The molecule has 0 aliphatic carbocycles. The third kappa shape index (κ3) is 23.5. The van der Waals surface area contributed by atoms with Crippen molar-refractivity contribution < 1.29 is 42.7 Å². The Hall–Kier alpha value is -1.77. The molecule has 0 aromatic rings. The summed E-state index contributed by atoms with van der Waals surface area (Å²) in [7, 11) is -4.75. The molecule has 0 radical (unpaired) electrons. The van der Waals surface area contributed by atoms with Gasteiger partial charge in [0.05, 0.1) is 18.8 Å². The molecule has 0 spiro atoms. The van der Waals surface area contributed by atoms with Gasteiger partial charge in [0.1, 0.15) is 6.61 Å². The van der Waals surface area contributed by atoms with Crippen molar-refractivity contribution in [2.45, 2.75) is 135 Å². The molecule has 10 heteroatoms. The van der Waals surface area contributed by atoms with Crippen molar-refractivity contribution in [2.24, 2.45) is 0 Å². The van der Waals surface area contributed by atoms with Crippen LogP contribution in [0.1, 0.15) is 117 Å². The van der Waals surface area contributed by atoms with E-state index in [0.29, 0.717) is 12.8 Å². The van der Waals surface area contributed by atoms with Crippen LogP contribution in [0.15, 0.2) is 36.5 Å². The zero-order chi connectivity index (χ0) is 30.2. The standard InChI is InChI=1S/C31H53O9P/c1-3-5-7-9-10-11-12-14-17-21-28-29(40-28)22-18-15-16-19-23-30(32)37-25-27(26-38-41(34,35)36)39-31(33)24-20-13-8-6-4-2/h10-11,14-15,17-18,27-29H,3-9,12-13,16,19-26H2,1-2H3,(H2,34,35,36)/b11-10-,17-14-,18-15-/t27-,28?,29?/m1/s1. The summed E-state index contributed by atoms with van der Waals surface area (Å²) in [6, 6.07) is 0. The molecule has 0 amide bonds. The van der Waals surface area contributed by atoms with Crippen molar-refractivity contribution in [1.82, 2.24) is 0 Å². The molecule has 1 rings (SSSR count). The molecule has 236 valence electrons. The van der Waals surface area contributed by atoms with E-state index in [-0.39, 0.29) is 31.7 Å². The summed E-state index contributed by atoms with van der Waals surface area (Å²) in [4.78, 5) is 42.1. The molecule has 0 aromatic heterocycles. The molecule has 0 saturated carbocycles. The molecule has 1 heterocycles. The van der Waals surface area contributed by atoms with E-state index < -0.39 is 32.5 Å². The number of carbonyl (C=O) groups excluding carboxylic acids is 2. The van der Waals surface area contributed by atoms with Gasteiger partial charge in [-0.25, -0.2) is 4.57 Å². The van der Waals surface area contributed by atoms with Gasteiger partial charge in [-0.2, -0.15) is 0 Å². The minimum atomic E-state index is -4.75. The summed E-state index contributed by atoms with van der Waals surface area (Å²) in [5.41, 5.74) is 0. The van der Waals surface area contributed by atoms with Crippen LogP contribution in [0.5, 0.6) is 0 Å². The smallest absolute Gasteiger partial charge is 0.462 e. The predicted octanol–water partition coefficient (Wildman–Crippen LogP) is 7.27. The highest BCUT2D eigenvalue weighted by molar-refractivity contribution is 7.46. The van der Waals surface area contributed by atoms with Crippen molar-refractivity contribution in [3.05, 3.63) is 36.5 Å². The summed E-state index contributed by atoms with van der Waals surface area (Å²) in [6.45, 7) is 3.44. The van der Waals surface area contributed by atoms with Gasteiger partial charge in [0.25, 0.3) is 0 Å². The molecular weight excluding hydrogens is 547 g/mol. The monoisotopic (exact) mass is 600 g/mol. The van der Waals surface area contributed by atoms with Gasteiger partial charge in [0.2, 0.25) is 0 Å². The number of unbranched alkanes of at least 4 members (excludes halogenated alkanes) is 8. The number of allylic oxidation sites excluding steroid dienone is 4. The van der Waals surface area contributed by atoms with Crippen LogP contribution >= 0.6 is 7.82 Å². The van der Waals surface area contributed by atoms with Gasteiger partial charge in [-0.3, -0.25) is 14.1 Å². The third-order valence-corrected chi connectivity index (χ3v) is 7.05. The molecule has 2 unspecified atom stereocenters. The molecule has 1 aliphatic heterocycles. The summed E-state index contributed by atoms with van der Waals surface area (Å²) in [5.74, 6) is -0.978. The normalized spacial score (nSPS) is 18.0. The van der Waals surface area contributed by atoms with E-state index in [2.05, 4.69) is 48.8 Å². The van der Waals surface area contributed by atoms with Gasteiger partial charge < -0.3 is 24.0 Å². The van der Waals surface area contributed by atoms with Crippen molar-refractivity contribution >= 4 is 19.8 Å². The fourth-order valence-electron chi connectivity index (χ4n) is 4.11. The molecular formula is C31H53O9P. The van der Waals surface area contributed by atoms with Crippen LogP contribution in [-0.2, 0) is 32.9 Å². The number of ether oxygens (including phenoxy) is 3. The van der Waals surface area contributed by atoms with Crippen LogP contribution in [0.2, 0.25) is 0 Å². The van der Waals surface area contributed by atoms with E-state index in [1.807, 2.05) is 6.08 Å². The maximum Gasteiger partial charge on any atom is 0.469 e. The first-order valence-corrected chi connectivity index (χ1v) is 16.9. The van der Waals surface area contributed by atoms with Gasteiger partial charge in [0, 0.05) is 12.8 Å². The van der Waals surface area contributed by atoms with Gasteiger partial charge in [0.15, 0.2) is 6.10 Å². The lowest BCUT2D eigenvalue weighted by Crippen LogP contribution is -2.29. The maximum atomic E-state index is 12.1. The van der Waals surface area contributed by atoms with E-state index in [4.69, 9.17) is 24.0 Å². The maximum absolute atomic E-state index is 12.1. The van der Waals surface area contributed by atoms with E-state index in [9.17, 15) is 14.2 Å². The fraction of sp³-hybridized carbons (Fsp3) is 0.742. The van der Waals surface area contributed by atoms with Crippen LogP contribution in [0.4, 0.5) is 0 Å². The second-order valence-corrected chi connectivity index (χ2v) is 11.7. The first kappa shape index (κ1) is 37.3. The molecule has 0 bridgehead atoms. The lowest BCUT2D eigenvalue weighted by Gasteiger charge is -2.18. The van der Waals surface area contributed by atoms with Crippen LogP contribution in [0, 0.1) is 0 Å². The van der Waals surface area contributed by atoms with Crippen molar-refractivity contribution in [2.75, 3.05) is 13.2 Å². The second-order valence-electron chi connectivity index (χ2n) is 10.5. The van der Waals surface area contributed by atoms with Crippen LogP contribution in [-0.4, -0.2) is 53.3 Å². The Morgan fingerprint density at radius 1 is 0.756 bits per heavy atom. The topological polar surface area (TPSA) is 132 Å².